The third kappa shape index (κ3) is 3.93. The molecule has 2 aliphatic rings. The Hall–Kier alpha value is -0.120. The van der Waals surface area contributed by atoms with E-state index in [1.165, 1.54) is 51.5 Å². The fourth-order valence-electron chi connectivity index (χ4n) is 4.13. The Morgan fingerprint density at radius 1 is 1.16 bits per heavy atom. The standard InChI is InChI=1S/C16H32N2O/c1-3-4-13-5-7-14(8-6-13)18-10-9-16(19-2)11-15(18)12-17/h13-16H,3-12,17H2,1-2H3. The summed E-state index contributed by atoms with van der Waals surface area (Å²) < 4.78 is 5.53. The van der Waals surface area contributed by atoms with Crippen LogP contribution in [0.3, 0.4) is 0 Å². The summed E-state index contributed by atoms with van der Waals surface area (Å²) in [6.45, 7) is 4.28. The minimum absolute atomic E-state index is 0.432. The van der Waals surface area contributed by atoms with Crippen LogP contribution in [-0.2, 0) is 4.74 Å². The molecule has 19 heavy (non-hydrogen) atoms. The molecule has 0 aromatic carbocycles. The molecule has 1 aliphatic carbocycles. The van der Waals surface area contributed by atoms with Gasteiger partial charge in [0.05, 0.1) is 6.10 Å². The fourth-order valence-corrected chi connectivity index (χ4v) is 4.13. The van der Waals surface area contributed by atoms with E-state index in [1.54, 1.807) is 0 Å². The van der Waals surface area contributed by atoms with Gasteiger partial charge in [-0.15, -0.1) is 0 Å². The molecule has 2 rings (SSSR count). The lowest BCUT2D eigenvalue weighted by Gasteiger charge is -2.45. The van der Waals surface area contributed by atoms with Crippen molar-refractivity contribution < 1.29 is 4.74 Å². The number of nitrogens with two attached hydrogens (primary N) is 1. The molecule has 2 unspecified atom stereocenters. The van der Waals surface area contributed by atoms with Crippen molar-refractivity contribution in [3.8, 4) is 0 Å². The lowest BCUT2D eigenvalue weighted by molar-refractivity contribution is -0.0140. The van der Waals surface area contributed by atoms with E-state index < -0.39 is 0 Å². The maximum absolute atomic E-state index is 6.00. The zero-order chi connectivity index (χ0) is 13.7. The van der Waals surface area contributed by atoms with Crippen LogP contribution in [0.2, 0.25) is 0 Å². The monoisotopic (exact) mass is 268 g/mol. The lowest BCUT2D eigenvalue weighted by Crippen LogP contribution is -2.53. The van der Waals surface area contributed by atoms with Gasteiger partial charge in [-0.1, -0.05) is 19.8 Å². The van der Waals surface area contributed by atoms with E-state index in [0.29, 0.717) is 12.1 Å². The highest BCUT2D eigenvalue weighted by molar-refractivity contribution is 4.89. The van der Waals surface area contributed by atoms with Crippen molar-refractivity contribution >= 4 is 0 Å². The summed E-state index contributed by atoms with van der Waals surface area (Å²) in [5.74, 6) is 0.995. The van der Waals surface area contributed by atoms with Gasteiger partial charge in [0.15, 0.2) is 0 Å². The summed E-state index contributed by atoms with van der Waals surface area (Å²) in [7, 11) is 1.84. The van der Waals surface area contributed by atoms with Crippen LogP contribution in [0, 0.1) is 5.92 Å². The second kappa shape index (κ2) is 7.61. The second-order valence-electron chi connectivity index (χ2n) is 6.47. The Morgan fingerprint density at radius 3 is 2.47 bits per heavy atom. The summed E-state index contributed by atoms with van der Waals surface area (Å²) >= 11 is 0. The first-order chi connectivity index (χ1) is 9.28. The van der Waals surface area contributed by atoms with Crippen molar-refractivity contribution in [1.29, 1.82) is 0 Å². The number of likely N-dealkylation sites (tertiary alicyclic amines) is 1. The van der Waals surface area contributed by atoms with E-state index in [4.69, 9.17) is 10.5 Å². The van der Waals surface area contributed by atoms with Crippen LogP contribution < -0.4 is 5.73 Å². The lowest BCUT2D eigenvalue weighted by atomic mass is 9.81. The quantitative estimate of drug-likeness (QED) is 0.833. The van der Waals surface area contributed by atoms with Gasteiger partial charge in [0.1, 0.15) is 0 Å². The molecule has 0 amide bonds. The zero-order valence-corrected chi connectivity index (χ0v) is 12.8. The molecule has 2 fully saturated rings. The Morgan fingerprint density at radius 2 is 1.89 bits per heavy atom. The van der Waals surface area contributed by atoms with E-state index in [1.807, 2.05) is 7.11 Å². The molecule has 1 heterocycles. The molecule has 1 saturated heterocycles. The minimum atomic E-state index is 0.432. The van der Waals surface area contributed by atoms with Crippen LogP contribution in [0.5, 0.6) is 0 Å². The average molecular weight is 268 g/mol. The molecule has 1 saturated carbocycles. The first-order valence-electron chi connectivity index (χ1n) is 8.27. The Bertz CT molecular complexity index is 251. The van der Waals surface area contributed by atoms with Crippen molar-refractivity contribution in [2.75, 3.05) is 20.2 Å². The van der Waals surface area contributed by atoms with Crippen LogP contribution in [0.1, 0.15) is 58.3 Å². The average Bonchev–Trinajstić information content (AvgIpc) is 2.48. The van der Waals surface area contributed by atoms with Crippen LogP contribution in [0.25, 0.3) is 0 Å². The molecular weight excluding hydrogens is 236 g/mol. The van der Waals surface area contributed by atoms with Crippen molar-refractivity contribution in [2.24, 2.45) is 11.7 Å². The first kappa shape index (κ1) is 15.3. The van der Waals surface area contributed by atoms with Gasteiger partial charge >= 0.3 is 0 Å². The molecule has 0 aromatic heterocycles. The number of nitrogens with zero attached hydrogens (tertiary/aromatic N) is 1. The molecule has 0 bridgehead atoms. The molecule has 0 aromatic rings. The van der Waals surface area contributed by atoms with Gasteiger partial charge in [-0.05, 0) is 44.4 Å². The molecule has 3 heteroatoms. The van der Waals surface area contributed by atoms with Crippen molar-refractivity contribution in [3.63, 3.8) is 0 Å². The molecule has 112 valence electrons. The maximum Gasteiger partial charge on any atom is 0.0599 e. The summed E-state index contributed by atoms with van der Waals surface area (Å²) in [5.41, 5.74) is 6.00. The summed E-state index contributed by atoms with van der Waals surface area (Å²) in [4.78, 5) is 2.71. The first-order valence-corrected chi connectivity index (χ1v) is 8.27. The summed E-state index contributed by atoms with van der Waals surface area (Å²) in [6, 6.07) is 1.34. The molecule has 0 radical (unpaired) electrons. The van der Waals surface area contributed by atoms with Crippen molar-refractivity contribution in [1.82, 2.24) is 4.90 Å². The highest BCUT2D eigenvalue weighted by Crippen LogP contribution is 2.33. The molecule has 3 nitrogen and oxygen atoms in total. The second-order valence-corrected chi connectivity index (χ2v) is 6.47. The SMILES string of the molecule is CCCC1CCC(N2CCC(OC)CC2CN)CC1. The predicted octanol–water partition coefficient (Wildman–Crippen LogP) is 2.78. The zero-order valence-electron chi connectivity index (χ0n) is 12.8. The van der Waals surface area contributed by atoms with Crippen molar-refractivity contribution in [3.05, 3.63) is 0 Å². The molecule has 0 spiro atoms. The Labute approximate surface area is 118 Å². The molecular formula is C16H32N2O. The highest BCUT2D eigenvalue weighted by Gasteiger charge is 2.34. The fraction of sp³-hybridized carbons (Fsp3) is 1.00. The Kier molecular flexibility index (Phi) is 6.11. The van der Waals surface area contributed by atoms with Gasteiger partial charge in [0, 0.05) is 32.3 Å². The van der Waals surface area contributed by atoms with Crippen LogP contribution >= 0.6 is 0 Å². The van der Waals surface area contributed by atoms with Gasteiger partial charge < -0.3 is 10.5 Å². The number of hydrogen-bond donors (Lipinski definition) is 1. The topological polar surface area (TPSA) is 38.5 Å². The van der Waals surface area contributed by atoms with Gasteiger partial charge in [0.25, 0.3) is 0 Å². The smallest absolute Gasteiger partial charge is 0.0599 e. The predicted molar refractivity (Wildman–Crippen MR) is 80.2 cm³/mol. The van der Waals surface area contributed by atoms with Gasteiger partial charge in [0.2, 0.25) is 0 Å². The number of methoxy groups -OCH3 is 1. The van der Waals surface area contributed by atoms with E-state index >= 15 is 0 Å². The normalized spacial score (nSPS) is 37.4. The highest BCUT2D eigenvalue weighted by atomic mass is 16.5. The molecule has 2 N–H and O–H groups in total. The number of hydrogen-bond acceptors (Lipinski definition) is 3. The summed E-state index contributed by atoms with van der Waals surface area (Å²) in [6.07, 6.45) is 11.2. The molecule has 1 aliphatic heterocycles. The van der Waals surface area contributed by atoms with E-state index in [2.05, 4.69) is 11.8 Å². The van der Waals surface area contributed by atoms with E-state index in [-0.39, 0.29) is 0 Å². The van der Waals surface area contributed by atoms with Crippen LogP contribution in [0.4, 0.5) is 0 Å². The largest absolute Gasteiger partial charge is 0.381 e. The van der Waals surface area contributed by atoms with Crippen LogP contribution in [0.15, 0.2) is 0 Å². The van der Waals surface area contributed by atoms with Crippen LogP contribution in [-0.4, -0.2) is 43.3 Å². The van der Waals surface area contributed by atoms with Gasteiger partial charge in [-0.25, -0.2) is 0 Å². The maximum atomic E-state index is 6.00. The summed E-state index contributed by atoms with van der Waals surface area (Å²) in [5, 5.41) is 0. The van der Waals surface area contributed by atoms with E-state index in [9.17, 15) is 0 Å². The van der Waals surface area contributed by atoms with Gasteiger partial charge in [-0.3, -0.25) is 4.90 Å². The number of piperidine rings is 1. The number of ether oxygens (including phenoxy) is 1. The minimum Gasteiger partial charge on any atom is -0.381 e. The van der Waals surface area contributed by atoms with Gasteiger partial charge in [-0.2, -0.15) is 0 Å². The van der Waals surface area contributed by atoms with Crippen molar-refractivity contribution in [2.45, 2.75) is 76.5 Å². The number of rotatable bonds is 5. The molecule has 2 atom stereocenters. The third-order valence-corrected chi connectivity index (χ3v) is 5.30. The van der Waals surface area contributed by atoms with E-state index in [0.717, 1.165) is 24.9 Å². The Balaban J connectivity index is 1.84. The third-order valence-electron chi connectivity index (χ3n) is 5.30.